The van der Waals surface area contributed by atoms with Crippen LogP contribution in [0.3, 0.4) is 0 Å². The molecule has 0 amide bonds. The molecule has 0 aliphatic heterocycles. The van der Waals surface area contributed by atoms with Gasteiger partial charge >= 0.3 is 0 Å². The van der Waals surface area contributed by atoms with Gasteiger partial charge in [0.1, 0.15) is 0 Å². The first-order chi connectivity index (χ1) is 5.70. The van der Waals surface area contributed by atoms with Gasteiger partial charge in [-0.3, -0.25) is 4.79 Å². The zero-order valence-electron chi connectivity index (χ0n) is 8.08. The van der Waals surface area contributed by atoms with Crippen molar-refractivity contribution >= 4 is 6.47 Å². The third-order valence-electron chi connectivity index (χ3n) is 1.75. The fourth-order valence-corrected chi connectivity index (χ4v) is 0.843. The molecule has 0 aromatic heterocycles. The van der Waals surface area contributed by atoms with Crippen molar-refractivity contribution in [3.63, 3.8) is 0 Å². The summed E-state index contributed by atoms with van der Waals surface area (Å²) in [5, 5.41) is 0. The molecule has 12 heavy (non-hydrogen) atoms. The van der Waals surface area contributed by atoms with Crippen molar-refractivity contribution in [1.82, 2.24) is 0 Å². The number of hydrogen-bond acceptors (Lipinski definition) is 3. The molecule has 0 bridgehead atoms. The van der Waals surface area contributed by atoms with Crippen molar-refractivity contribution in [2.45, 2.75) is 45.8 Å². The second kappa shape index (κ2) is 7.10. The standard InChI is InChI=1S/C9H18O3/c1-4-8(2)12-9(3)5-6-11-7-10/h7-9H,4-6H2,1-3H3. The van der Waals surface area contributed by atoms with Crippen LogP contribution in [0.1, 0.15) is 33.6 Å². The molecule has 0 aromatic rings. The molecule has 0 rings (SSSR count). The van der Waals surface area contributed by atoms with Crippen molar-refractivity contribution in [2.75, 3.05) is 6.61 Å². The normalized spacial score (nSPS) is 15.2. The molecule has 2 unspecified atom stereocenters. The molecule has 0 N–H and O–H groups in total. The minimum atomic E-state index is 0.167. The predicted octanol–water partition coefficient (Wildman–Crippen LogP) is 1.75. The van der Waals surface area contributed by atoms with Gasteiger partial charge in [-0.2, -0.15) is 0 Å². The maximum Gasteiger partial charge on any atom is 0.293 e. The quantitative estimate of drug-likeness (QED) is 0.435. The number of carbonyl (C=O) groups is 1. The van der Waals surface area contributed by atoms with Crippen molar-refractivity contribution in [1.29, 1.82) is 0 Å². The Morgan fingerprint density at radius 2 is 2.00 bits per heavy atom. The molecular weight excluding hydrogens is 156 g/mol. The van der Waals surface area contributed by atoms with Gasteiger partial charge in [0.25, 0.3) is 6.47 Å². The van der Waals surface area contributed by atoms with E-state index in [4.69, 9.17) is 4.74 Å². The summed E-state index contributed by atoms with van der Waals surface area (Å²) in [5.41, 5.74) is 0. The lowest BCUT2D eigenvalue weighted by atomic mass is 10.2. The Morgan fingerprint density at radius 3 is 2.50 bits per heavy atom. The first-order valence-corrected chi connectivity index (χ1v) is 4.41. The number of rotatable bonds is 7. The molecule has 0 spiro atoms. The average Bonchev–Trinajstić information content (AvgIpc) is 2.05. The summed E-state index contributed by atoms with van der Waals surface area (Å²) < 4.78 is 10.1. The predicted molar refractivity (Wildman–Crippen MR) is 46.9 cm³/mol. The van der Waals surface area contributed by atoms with Crippen LogP contribution >= 0.6 is 0 Å². The Labute approximate surface area is 74.0 Å². The fraction of sp³-hybridized carbons (Fsp3) is 0.889. The minimum absolute atomic E-state index is 0.167. The number of ether oxygens (including phenoxy) is 2. The molecule has 2 atom stereocenters. The van der Waals surface area contributed by atoms with Crippen molar-refractivity contribution in [3.05, 3.63) is 0 Å². The highest BCUT2D eigenvalue weighted by Gasteiger charge is 2.06. The van der Waals surface area contributed by atoms with E-state index < -0.39 is 0 Å². The van der Waals surface area contributed by atoms with Gasteiger partial charge in [0.2, 0.25) is 0 Å². The molecule has 3 heteroatoms. The highest BCUT2D eigenvalue weighted by molar-refractivity contribution is 5.36. The largest absolute Gasteiger partial charge is 0.468 e. The maximum absolute atomic E-state index is 9.80. The fourth-order valence-electron chi connectivity index (χ4n) is 0.843. The summed E-state index contributed by atoms with van der Waals surface area (Å²) in [4.78, 5) is 9.80. The van der Waals surface area contributed by atoms with E-state index in [-0.39, 0.29) is 12.2 Å². The Balaban J connectivity index is 3.32. The number of hydrogen-bond donors (Lipinski definition) is 0. The first kappa shape index (κ1) is 11.4. The van der Waals surface area contributed by atoms with Crippen LogP contribution in [0.4, 0.5) is 0 Å². The van der Waals surface area contributed by atoms with Gasteiger partial charge in [-0.05, 0) is 20.3 Å². The zero-order chi connectivity index (χ0) is 9.40. The van der Waals surface area contributed by atoms with Gasteiger partial charge in [0.05, 0.1) is 18.8 Å². The molecule has 0 aliphatic rings. The number of carbonyl (C=O) groups excluding carboxylic acids is 1. The third kappa shape index (κ3) is 6.16. The van der Waals surface area contributed by atoms with E-state index in [2.05, 4.69) is 11.7 Å². The highest BCUT2D eigenvalue weighted by atomic mass is 16.5. The summed E-state index contributed by atoms with van der Waals surface area (Å²) in [7, 11) is 0. The molecule has 0 aliphatic carbocycles. The second-order valence-corrected chi connectivity index (χ2v) is 2.92. The summed E-state index contributed by atoms with van der Waals surface area (Å²) >= 11 is 0. The minimum Gasteiger partial charge on any atom is -0.468 e. The average molecular weight is 174 g/mol. The SMILES string of the molecule is CCC(C)OC(C)CCOC=O. The van der Waals surface area contributed by atoms with Gasteiger partial charge in [0.15, 0.2) is 0 Å². The van der Waals surface area contributed by atoms with Crippen molar-refractivity contribution in [3.8, 4) is 0 Å². The van der Waals surface area contributed by atoms with E-state index in [0.29, 0.717) is 13.1 Å². The van der Waals surface area contributed by atoms with Gasteiger partial charge < -0.3 is 9.47 Å². The van der Waals surface area contributed by atoms with Gasteiger partial charge in [0, 0.05) is 6.42 Å². The van der Waals surface area contributed by atoms with E-state index in [9.17, 15) is 4.79 Å². The van der Waals surface area contributed by atoms with Crippen LogP contribution in [0, 0.1) is 0 Å². The molecule has 3 nitrogen and oxygen atoms in total. The maximum atomic E-state index is 9.80. The molecule has 0 aromatic carbocycles. The Morgan fingerprint density at radius 1 is 1.33 bits per heavy atom. The van der Waals surface area contributed by atoms with Crippen LogP contribution in [0.15, 0.2) is 0 Å². The van der Waals surface area contributed by atoms with Gasteiger partial charge in [-0.1, -0.05) is 6.92 Å². The van der Waals surface area contributed by atoms with Crippen LogP contribution in [-0.4, -0.2) is 25.3 Å². The highest BCUT2D eigenvalue weighted by Crippen LogP contribution is 2.04. The van der Waals surface area contributed by atoms with E-state index in [1.165, 1.54) is 0 Å². The summed E-state index contributed by atoms with van der Waals surface area (Å²) in [6.07, 6.45) is 2.23. The zero-order valence-corrected chi connectivity index (χ0v) is 8.08. The topological polar surface area (TPSA) is 35.5 Å². The monoisotopic (exact) mass is 174 g/mol. The molecular formula is C9H18O3. The molecule has 0 fully saturated rings. The van der Waals surface area contributed by atoms with Crippen molar-refractivity contribution < 1.29 is 14.3 Å². The van der Waals surface area contributed by atoms with Gasteiger partial charge in [-0.25, -0.2) is 0 Å². The summed E-state index contributed by atoms with van der Waals surface area (Å²) in [6.45, 7) is 7.02. The lowest BCUT2D eigenvalue weighted by Gasteiger charge is -2.17. The van der Waals surface area contributed by atoms with Crippen LogP contribution < -0.4 is 0 Å². The van der Waals surface area contributed by atoms with Crippen LogP contribution in [0.25, 0.3) is 0 Å². The second-order valence-electron chi connectivity index (χ2n) is 2.92. The van der Waals surface area contributed by atoms with Crippen LogP contribution in [-0.2, 0) is 14.3 Å². The van der Waals surface area contributed by atoms with E-state index in [0.717, 1.165) is 12.8 Å². The lowest BCUT2D eigenvalue weighted by molar-refractivity contribution is -0.129. The molecule has 72 valence electrons. The van der Waals surface area contributed by atoms with Crippen molar-refractivity contribution in [2.24, 2.45) is 0 Å². The van der Waals surface area contributed by atoms with E-state index >= 15 is 0 Å². The Bertz CT molecular complexity index is 114. The summed E-state index contributed by atoms with van der Waals surface area (Å²) in [6, 6.07) is 0. The van der Waals surface area contributed by atoms with Gasteiger partial charge in [-0.15, -0.1) is 0 Å². The van der Waals surface area contributed by atoms with E-state index in [1.54, 1.807) is 0 Å². The molecule has 0 radical (unpaired) electrons. The molecule has 0 saturated heterocycles. The van der Waals surface area contributed by atoms with Crippen LogP contribution in [0.2, 0.25) is 0 Å². The lowest BCUT2D eigenvalue weighted by Crippen LogP contribution is -2.17. The van der Waals surface area contributed by atoms with Crippen LogP contribution in [0.5, 0.6) is 0 Å². The third-order valence-corrected chi connectivity index (χ3v) is 1.75. The first-order valence-electron chi connectivity index (χ1n) is 4.41. The molecule has 0 heterocycles. The smallest absolute Gasteiger partial charge is 0.293 e. The summed E-state index contributed by atoms with van der Waals surface area (Å²) in [5.74, 6) is 0. The van der Waals surface area contributed by atoms with E-state index in [1.807, 2.05) is 13.8 Å². The molecule has 0 saturated carbocycles. The Kier molecular flexibility index (Phi) is 6.76. The Hall–Kier alpha value is -0.570.